The lowest BCUT2D eigenvalue weighted by Crippen LogP contribution is -2.34. The van der Waals surface area contributed by atoms with E-state index in [0.717, 1.165) is 0 Å². The minimum Gasteiger partial charge on any atom is -0.493 e. The number of hydrogen-bond acceptors (Lipinski definition) is 7. The van der Waals surface area contributed by atoms with Crippen LogP contribution in [-0.4, -0.2) is 64.6 Å². The highest BCUT2D eigenvalue weighted by Gasteiger charge is 2.43. The van der Waals surface area contributed by atoms with Crippen molar-refractivity contribution in [2.45, 2.75) is 77.7 Å². The first-order valence-electron chi connectivity index (χ1n) is 12.0. The molecule has 0 amide bonds. The van der Waals surface area contributed by atoms with Gasteiger partial charge in [-0.05, 0) is 63.6 Å². The number of carboxylic acids is 1. The highest BCUT2D eigenvalue weighted by atomic mass is 16.8. The SMILES string of the molecule is Cc1ccc(OCCCN=[N+]=[N-])c(/C=C/C[C@@H]2OC(C)(C)O[C@@H]2C(O)/C=C\[C@@H](C)[C@H](C)O)c1C(=O)O. The Morgan fingerprint density at radius 3 is 2.64 bits per heavy atom. The van der Waals surface area contributed by atoms with Crippen molar-refractivity contribution in [2.24, 2.45) is 11.0 Å². The van der Waals surface area contributed by atoms with Crippen LogP contribution in [0.15, 0.2) is 35.5 Å². The van der Waals surface area contributed by atoms with E-state index in [9.17, 15) is 20.1 Å². The number of aromatic carboxylic acids is 1. The molecule has 10 nitrogen and oxygen atoms in total. The minimum atomic E-state index is -1.07. The number of carbonyl (C=O) groups is 1. The van der Waals surface area contributed by atoms with Crippen molar-refractivity contribution in [3.05, 3.63) is 57.5 Å². The lowest BCUT2D eigenvalue weighted by molar-refractivity contribution is -0.152. The van der Waals surface area contributed by atoms with Crippen molar-refractivity contribution >= 4 is 12.0 Å². The van der Waals surface area contributed by atoms with E-state index in [1.807, 2.05) is 6.92 Å². The van der Waals surface area contributed by atoms with Gasteiger partial charge in [0.1, 0.15) is 18.0 Å². The third-order valence-electron chi connectivity index (χ3n) is 5.93. The molecule has 10 heteroatoms. The van der Waals surface area contributed by atoms with Crippen LogP contribution in [0.25, 0.3) is 16.5 Å². The Morgan fingerprint density at radius 2 is 2.00 bits per heavy atom. The molecular weight excluding hydrogens is 466 g/mol. The fourth-order valence-electron chi connectivity index (χ4n) is 3.86. The number of aryl methyl sites for hydroxylation is 1. The topological polar surface area (TPSA) is 154 Å². The number of carboxylic acid groups (broad SMARTS) is 1. The summed E-state index contributed by atoms with van der Waals surface area (Å²) in [5.41, 5.74) is 9.55. The molecule has 0 saturated carbocycles. The van der Waals surface area contributed by atoms with E-state index in [1.165, 1.54) is 0 Å². The second kappa shape index (κ2) is 13.4. The van der Waals surface area contributed by atoms with Crippen LogP contribution in [0.3, 0.4) is 0 Å². The van der Waals surface area contributed by atoms with Gasteiger partial charge in [0.15, 0.2) is 5.79 Å². The van der Waals surface area contributed by atoms with Gasteiger partial charge in [0.05, 0.1) is 24.4 Å². The summed E-state index contributed by atoms with van der Waals surface area (Å²) in [5.74, 6) is -1.69. The third-order valence-corrected chi connectivity index (χ3v) is 5.93. The van der Waals surface area contributed by atoms with Gasteiger partial charge < -0.3 is 29.5 Å². The number of rotatable bonds is 13. The maximum Gasteiger partial charge on any atom is 0.336 e. The Bertz CT molecular complexity index is 999. The molecule has 1 aliphatic heterocycles. The van der Waals surface area contributed by atoms with Gasteiger partial charge in [-0.1, -0.05) is 42.4 Å². The zero-order valence-electron chi connectivity index (χ0n) is 21.5. The van der Waals surface area contributed by atoms with Crippen LogP contribution in [0, 0.1) is 12.8 Å². The van der Waals surface area contributed by atoms with Crippen LogP contribution in [0.5, 0.6) is 5.75 Å². The molecule has 0 aromatic heterocycles. The molecule has 1 aromatic rings. The highest BCUT2D eigenvalue weighted by molar-refractivity contribution is 5.95. The Morgan fingerprint density at radius 1 is 1.28 bits per heavy atom. The fourth-order valence-corrected chi connectivity index (χ4v) is 3.86. The normalized spacial score (nSPS) is 21.9. The van der Waals surface area contributed by atoms with Crippen LogP contribution < -0.4 is 4.74 Å². The summed E-state index contributed by atoms with van der Waals surface area (Å²) in [6.45, 7) is 9.33. The van der Waals surface area contributed by atoms with Crippen LogP contribution in [-0.2, 0) is 9.47 Å². The third kappa shape index (κ3) is 8.36. The number of aliphatic hydroxyl groups excluding tert-OH is 2. The molecule has 1 aliphatic rings. The lowest BCUT2D eigenvalue weighted by Gasteiger charge is -2.20. The van der Waals surface area contributed by atoms with Gasteiger partial charge >= 0.3 is 5.97 Å². The molecule has 5 atom stereocenters. The molecule has 2 rings (SSSR count). The second-order valence-electron chi connectivity index (χ2n) is 9.38. The fraction of sp³-hybridized carbons (Fsp3) is 0.577. The van der Waals surface area contributed by atoms with E-state index in [2.05, 4.69) is 10.0 Å². The predicted molar refractivity (Wildman–Crippen MR) is 136 cm³/mol. The predicted octanol–water partition coefficient (Wildman–Crippen LogP) is 4.63. The van der Waals surface area contributed by atoms with Gasteiger partial charge in [0, 0.05) is 17.0 Å². The number of azide groups is 1. The first-order valence-corrected chi connectivity index (χ1v) is 12.0. The summed E-state index contributed by atoms with van der Waals surface area (Å²) in [6, 6.07) is 3.40. The largest absolute Gasteiger partial charge is 0.493 e. The van der Waals surface area contributed by atoms with E-state index in [1.54, 1.807) is 64.1 Å². The van der Waals surface area contributed by atoms with Crippen molar-refractivity contribution in [1.29, 1.82) is 0 Å². The summed E-state index contributed by atoms with van der Waals surface area (Å²) in [4.78, 5) is 14.7. The van der Waals surface area contributed by atoms with Crippen molar-refractivity contribution in [1.82, 2.24) is 0 Å². The molecule has 198 valence electrons. The van der Waals surface area contributed by atoms with Crippen LogP contribution >= 0.6 is 0 Å². The van der Waals surface area contributed by atoms with Gasteiger partial charge in [-0.2, -0.15) is 0 Å². The molecule has 1 fully saturated rings. The molecule has 1 heterocycles. The van der Waals surface area contributed by atoms with Crippen molar-refractivity contribution < 1.29 is 34.3 Å². The Hall–Kier alpha value is -2.88. The van der Waals surface area contributed by atoms with Gasteiger partial charge in [-0.15, -0.1) is 0 Å². The monoisotopic (exact) mass is 503 g/mol. The minimum absolute atomic E-state index is 0.130. The van der Waals surface area contributed by atoms with E-state index in [-0.39, 0.29) is 24.6 Å². The smallest absolute Gasteiger partial charge is 0.336 e. The summed E-state index contributed by atoms with van der Waals surface area (Å²) < 4.78 is 17.7. The maximum absolute atomic E-state index is 12.0. The molecule has 0 aliphatic carbocycles. The van der Waals surface area contributed by atoms with Crippen molar-refractivity contribution in [3.8, 4) is 5.75 Å². The van der Waals surface area contributed by atoms with Gasteiger partial charge in [0.2, 0.25) is 0 Å². The number of ether oxygens (including phenoxy) is 3. The van der Waals surface area contributed by atoms with Crippen LogP contribution in [0.1, 0.15) is 62.0 Å². The first-order chi connectivity index (χ1) is 17.0. The molecule has 0 spiro atoms. The van der Waals surface area contributed by atoms with E-state index >= 15 is 0 Å². The van der Waals surface area contributed by atoms with Gasteiger partial charge in [0.25, 0.3) is 0 Å². The van der Waals surface area contributed by atoms with Crippen LogP contribution in [0.4, 0.5) is 0 Å². The van der Waals surface area contributed by atoms with E-state index in [0.29, 0.717) is 29.7 Å². The van der Waals surface area contributed by atoms with Crippen molar-refractivity contribution in [2.75, 3.05) is 13.2 Å². The standard InChI is InChI=1S/C26H37N3O7/c1-16(18(3)30)10-12-20(31)24-22(35-26(4,5)36-24)9-6-8-19-21(34-15-7-14-28-29-27)13-11-17(2)23(19)25(32)33/h6,8,10-13,16,18,20,22,24,30-31H,7,9,14-15H2,1-5H3,(H,32,33)/b8-6+,12-10-/t16-,18+,20?,22+,24-/m1/s1. The lowest BCUT2D eigenvalue weighted by atomic mass is 9.98. The quantitative estimate of drug-likeness (QED) is 0.117. The Labute approximate surface area is 211 Å². The number of hydrogen-bond donors (Lipinski definition) is 3. The average Bonchev–Trinajstić information content (AvgIpc) is 3.12. The summed E-state index contributed by atoms with van der Waals surface area (Å²) >= 11 is 0. The Kier molecular flexibility index (Phi) is 11.0. The van der Waals surface area contributed by atoms with Gasteiger partial charge in [-0.25, -0.2) is 4.79 Å². The zero-order valence-corrected chi connectivity index (χ0v) is 21.5. The number of benzene rings is 1. The molecular formula is C26H37N3O7. The number of aliphatic hydroxyl groups is 2. The van der Waals surface area contributed by atoms with E-state index in [4.69, 9.17) is 19.7 Å². The molecule has 0 radical (unpaired) electrons. The molecule has 3 N–H and O–H groups in total. The molecule has 1 aromatic carbocycles. The van der Waals surface area contributed by atoms with E-state index < -0.39 is 36.2 Å². The first kappa shape index (κ1) is 29.4. The second-order valence-corrected chi connectivity index (χ2v) is 9.38. The molecule has 0 bridgehead atoms. The highest BCUT2D eigenvalue weighted by Crippen LogP contribution is 2.33. The van der Waals surface area contributed by atoms with Crippen LogP contribution in [0.2, 0.25) is 0 Å². The summed E-state index contributed by atoms with van der Waals surface area (Å²) in [6.07, 6.45) is 5.05. The Balaban J connectivity index is 2.23. The van der Waals surface area contributed by atoms with Crippen molar-refractivity contribution in [3.63, 3.8) is 0 Å². The zero-order chi connectivity index (χ0) is 26.9. The number of nitrogens with zero attached hydrogens (tertiary/aromatic N) is 3. The molecule has 1 saturated heterocycles. The summed E-state index contributed by atoms with van der Waals surface area (Å²) in [5, 5.41) is 33.7. The molecule has 36 heavy (non-hydrogen) atoms. The average molecular weight is 504 g/mol. The molecule has 1 unspecified atom stereocenters. The van der Waals surface area contributed by atoms with Gasteiger partial charge in [-0.3, -0.25) is 0 Å². The maximum atomic E-state index is 12.0. The summed E-state index contributed by atoms with van der Waals surface area (Å²) in [7, 11) is 0.